The van der Waals surface area contributed by atoms with Gasteiger partial charge in [0.25, 0.3) is 0 Å². The van der Waals surface area contributed by atoms with Gasteiger partial charge in [-0.3, -0.25) is 0 Å². The smallest absolute Gasteiger partial charge is 0.341 e. The van der Waals surface area contributed by atoms with Crippen LogP contribution in [0.15, 0.2) is 36.2 Å². The van der Waals surface area contributed by atoms with Crippen molar-refractivity contribution in [1.29, 1.82) is 0 Å². The normalized spacial score (nSPS) is 11.9. The minimum Gasteiger partial charge on any atom is -0.462 e. The summed E-state index contributed by atoms with van der Waals surface area (Å²) in [6.07, 6.45) is 1.89. The van der Waals surface area contributed by atoms with E-state index in [1.807, 2.05) is 13.0 Å². The minimum absolute atomic E-state index is 0.0610. The van der Waals surface area contributed by atoms with Gasteiger partial charge in [0.05, 0.1) is 12.2 Å². The molecule has 0 aliphatic carbocycles. The minimum atomic E-state index is -0.586. The Morgan fingerprint density at radius 1 is 1.22 bits per heavy atom. The molecule has 0 spiro atoms. The van der Waals surface area contributed by atoms with Crippen molar-refractivity contribution in [2.24, 2.45) is 0 Å². The first-order valence-electron chi connectivity index (χ1n) is 6.31. The van der Waals surface area contributed by atoms with Crippen molar-refractivity contribution in [1.82, 2.24) is 0 Å². The molecule has 0 saturated carbocycles. The highest BCUT2D eigenvalue weighted by atomic mass is 19.1. The number of ether oxygens (including phenoxy) is 1. The summed E-state index contributed by atoms with van der Waals surface area (Å²) in [7, 11) is 0. The maximum atomic E-state index is 14.1. The summed E-state index contributed by atoms with van der Waals surface area (Å²) < 4.78 is 19.0. The Morgan fingerprint density at radius 2 is 1.89 bits per heavy atom. The van der Waals surface area contributed by atoms with Crippen LogP contribution in [-0.4, -0.2) is 12.6 Å². The SMILES string of the molecule is CCCC/C(F)=C(\C(=O)OCC)c1ccccc1. The summed E-state index contributed by atoms with van der Waals surface area (Å²) in [6.45, 7) is 3.94. The van der Waals surface area contributed by atoms with E-state index in [1.165, 1.54) is 0 Å². The zero-order valence-corrected chi connectivity index (χ0v) is 10.9. The van der Waals surface area contributed by atoms with Crippen molar-refractivity contribution >= 4 is 11.5 Å². The number of halogens is 1. The Kier molecular flexibility index (Phi) is 6.12. The number of hydrogen-bond acceptors (Lipinski definition) is 2. The first kappa shape index (κ1) is 14.4. The van der Waals surface area contributed by atoms with Gasteiger partial charge in [-0.15, -0.1) is 0 Å². The van der Waals surface area contributed by atoms with Gasteiger partial charge in [0, 0.05) is 6.42 Å². The van der Waals surface area contributed by atoms with E-state index in [9.17, 15) is 9.18 Å². The highest BCUT2D eigenvalue weighted by Gasteiger charge is 2.18. The molecule has 0 fully saturated rings. The molecule has 0 radical (unpaired) electrons. The zero-order chi connectivity index (χ0) is 13.4. The molecule has 98 valence electrons. The maximum Gasteiger partial charge on any atom is 0.341 e. The summed E-state index contributed by atoms with van der Waals surface area (Å²) in [5.74, 6) is -0.973. The number of carbonyl (C=O) groups is 1. The molecule has 0 aromatic heterocycles. The van der Waals surface area contributed by atoms with Crippen LogP contribution in [0.2, 0.25) is 0 Å². The van der Waals surface area contributed by atoms with Crippen molar-refractivity contribution in [3.8, 4) is 0 Å². The van der Waals surface area contributed by atoms with Crippen LogP contribution < -0.4 is 0 Å². The Bertz CT molecular complexity index is 410. The van der Waals surface area contributed by atoms with E-state index in [0.29, 0.717) is 5.56 Å². The lowest BCUT2D eigenvalue weighted by Gasteiger charge is -2.09. The molecule has 3 heteroatoms. The van der Waals surface area contributed by atoms with Crippen LogP contribution in [0.25, 0.3) is 5.57 Å². The fourth-order valence-electron chi connectivity index (χ4n) is 1.65. The molecule has 1 aromatic rings. The van der Waals surface area contributed by atoms with Crippen LogP contribution in [0.1, 0.15) is 38.7 Å². The first-order chi connectivity index (χ1) is 8.70. The number of benzene rings is 1. The van der Waals surface area contributed by atoms with Crippen LogP contribution in [0, 0.1) is 0 Å². The molecule has 18 heavy (non-hydrogen) atoms. The van der Waals surface area contributed by atoms with Crippen molar-refractivity contribution in [2.75, 3.05) is 6.61 Å². The zero-order valence-electron chi connectivity index (χ0n) is 10.9. The third kappa shape index (κ3) is 3.99. The fraction of sp³-hybridized carbons (Fsp3) is 0.400. The van der Waals surface area contributed by atoms with Gasteiger partial charge < -0.3 is 4.74 Å². The average Bonchev–Trinajstić information content (AvgIpc) is 2.38. The average molecular weight is 250 g/mol. The van der Waals surface area contributed by atoms with Gasteiger partial charge in [0.15, 0.2) is 0 Å². The molecule has 0 aliphatic heterocycles. The number of rotatable bonds is 6. The number of hydrogen-bond donors (Lipinski definition) is 0. The summed E-state index contributed by atoms with van der Waals surface area (Å²) in [4.78, 5) is 11.8. The molecular formula is C15H19FO2. The number of allylic oxidation sites excluding steroid dienone is 1. The van der Waals surface area contributed by atoms with Crippen LogP contribution in [0.5, 0.6) is 0 Å². The van der Waals surface area contributed by atoms with Crippen LogP contribution in [0.4, 0.5) is 4.39 Å². The number of unbranched alkanes of at least 4 members (excludes halogenated alkanes) is 1. The summed E-state index contributed by atoms with van der Waals surface area (Å²) in [5, 5.41) is 0. The molecule has 0 saturated heterocycles. The van der Waals surface area contributed by atoms with Gasteiger partial charge >= 0.3 is 5.97 Å². The molecule has 0 unspecified atom stereocenters. The van der Waals surface area contributed by atoms with E-state index in [1.54, 1.807) is 31.2 Å². The lowest BCUT2D eigenvalue weighted by molar-refractivity contribution is -0.136. The van der Waals surface area contributed by atoms with Gasteiger partial charge in [-0.1, -0.05) is 43.7 Å². The highest BCUT2D eigenvalue weighted by Crippen LogP contribution is 2.24. The lowest BCUT2D eigenvalue weighted by Crippen LogP contribution is -2.08. The van der Waals surface area contributed by atoms with Crippen molar-refractivity contribution in [3.05, 3.63) is 41.7 Å². The van der Waals surface area contributed by atoms with Crippen molar-refractivity contribution in [2.45, 2.75) is 33.1 Å². The van der Waals surface area contributed by atoms with E-state index < -0.39 is 5.97 Å². The van der Waals surface area contributed by atoms with E-state index >= 15 is 0 Å². The molecule has 0 amide bonds. The largest absolute Gasteiger partial charge is 0.462 e. The highest BCUT2D eigenvalue weighted by molar-refractivity contribution is 6.17. The van der Waals surface area contributed by atoms with E-state index in [4.69, 9.17) is 4.74 Å². The Hall–Kier alpha value is -1.64. The predicted octanol–water partition coefficient (Wildman–Crippen LogP) is 4.12. The Labute approximate surface area is 107 Å². The molecule has 0 aliphatic rings. The second-order valence-electron chi connectivity index (χ2n) is 3.97. The molecule has 0 atom stereocenters. The topological polar surface area (TPSA) is 26.3 Å². The molecule has 2 nitrogen and oxygen atoms in total. The van der Waals surface area contributed by atoms with Gasteiger partial charge in [0.1, 0.15) is 5.83 Å². The molecule has 1 aromatic carbocycles. The van der Waals surface area contributed by atoms with Crippen molar-refractivity contribution < 1.29 is 13.9 Å². The monoisotopic (exact) mass is 250 g/mol. The molecule has 0 heterocycles. The fourth-order valence-corrected chi connectivity index (χ4v) is 1.65. The molecule has 0 N–H and O–H groups in total. The van der Waals surface area contributed by atoms with Gasteiger partial charge in [-0.25, -0.2) is 9.18 Å². The van der Waals surface area contributed by atoms with Crippen LogP contribution in [0.3, 0.4) is 0 Å². The third-order valence-corrected chi connectivity index (χ3v) is 2.56. The second kappa shape index (κ2) is 7.64. The maximum absolute atomic E-state index is 14.1. The Morgan fingerprint density at radius 3 is 2.44 bits per heavy atom. The van der Waals surface area contributed by atoms with Crippen LogP contribution in [-0.2, 0) is 9.53 Å². The van der Waals surface area contributed by atoms with Gasteiger partial charge in [0.2, 0.25) is 0 Å². The van der Waals surface area contributed by atoms with Crippen LogP contribution >= 0.6 is 0 Å². The third-order valence-electron chi connectivity index (χ3n) is 2.56. The van der Waals surface area contributed by atoms with E-state index in [2.05, 4.69) is 0 Å². The predicted molar refractivity (Wildman–Crippen MR) is 70.6 cm³/mol. The van der Waals surface area contributed by atoms with E-state index in [0.717, 1.165) is 12.8 Å². The number of carbonyl (C=O) groups excluding carboxylic acids is 1. The summed E-state index contributed by atoms with van der Waals surface area (Å²) in [6, 6.07) is 8.83. The lowest BCUT2D eigenvalue weighted by atomic mass is 10.0. The number of esters is 1. The molecular weight excluding hydrogens is 231 g/mol. The molecule has 1 rings (SSSR count). The summed E-state index contributed by atoms with van der Waals surface area (Å²) >= 11 is 0. The van der Waals surface area contributed by atoms with E-state index in [-0.39, 0.29) is 24.4 Å². The second-order valence-corrected chi connectivity index (χ2v) is 3.97. The van der Waals surface area contributed by atoms with Gasteiger partial charge in [-0.05, 0) is 18.9 Å². The first-order valence-corrected chi connectivity index (χ1v) is 6.31. The molecule has 0 bridgehead atoms. The summed E-state index contributed by atoms with van der Waals surface area (Å²) in [5.41, 5.74) is 0.635. The Balaban J connectivity index is 3.06. The standard InChI is InChI=1S/C15H19FO2/c1-3-5-11-13(16)14(15(17)18-4-2)12-9-7-6-8-10-12/h6-10H,3-5,11H2,1-2H3/b14-13+. The van der Waals surface area contributed by atoms with Gasteiger partial charge in [-0.2, -0.15) is 0 Å². The quantitative estimate of drug-likeness (QED) is 0.560. The van der Waals surface area contributed by atoms with Crippen molar-refractivity contribution in [3.63, 3.8) is 0 Å².